The number of nitrogens with zero attached hydrogens (tertiary/aromatic N) is 1. The third-order valence-electron chi connectivity index (χ3n) is 3.62. The maximum absolute atomic E-state index is 12.3. The predicted molar refractivity (Wildman–Crippen MR) is 113 cm³/mol. The Hall–Kier alpha value is -1.94. The fourth-order valence-corrected chi connectivity index (χ4v) is 4.87. The summed E-state index contributed by atoms with van der Waals surface area (Å²) in [6.45, 7) is 5.15. The maximum Gasteiger partial charge on any atom is 0.338 e. The van der Waals surface area contributed by atoms with Crippen molar-refractivity contribution in [1.29, 1.82) is 0 Å². The van der Waals surface area contributed by atoms with Crippen LogP contribution in [0, 0.1) is 0 Å². The van der Waals surface area contributed by atoms with Gasteiger partial charge in [-0.1, -0.05) is 11.6 Å². The second-order valence-corrected chi connectivity index (χ2v) is 10.9. The molecule has 0 spiro atoms. The number of thiophene rings is 1. The standard InChI is InChI=1S/C19H23ClN2O5S2/c1-19(2,3)21-29(25,26)15-8-5-13(6-9-15)18(24)27-12-17(23)22(4)11-14-7-10-16(20)28-14/h5-10,21H,11-12H2,1-4H3. The van der Waals surface area contributed by atoms with Crippen LogP contribution < -0.4 is 4.72 Å². The Labute approximate surface area is 179 Å². The first-order valence-electron chi connectivity index (χ1n) is 8.67. The van der Waals surface area contributed by atoms with Crippen LogP contribution in [-0.4, -0.2) is 44.4 Å². The molecule has 0 aliphatic carbocycles. The molecule has 0 aliphatic heterocycles. The van der Waals surface area contributed by atoms with Crippen LogP contribution in [0.2, 0.25) is 4.34 Å². The molecule has 1 heterocycles. The van der Waals surface area contributed by atoms with E-state index < -0.39 is 28.1 Å². The Kier molecular flexibility index (Phi) is 7.45. The monoisotopic (exact) mass is 458 g/mol. The number of likely N-dealkylation sites (N-methyl/N-ethyl adjacent to an activating group) is 1. The molecule has 0 unspecified atom stereocenters. The first kappa shape index (κ1) is 23.3. The molecule has 0 saturated carbocycles. The van der Waals surface area contributed by atoms with Gasteiger partial charge in [0.25, 0.3) is 5.91 Å². The van der Waals surface area contributed by atoms with Gasteiger partial charge in [0.05, 0.1) is 21.3 Å². The Morgan fingerprint density at radius 3 is 2.28 bits per heavy atom. The summed E-state index contributed by atoms with van der Waals surface area (Å²) in [7, 11) is -2.09. The van der Waals surface area contributed by atoms with Gasteiger partial charge in [0, 0.05) is 17.5 Å². The highest BCUT2D eigenvalue weighted by Gasteiger charge is 2.22. The summed E-state index contributed by atoms with van der Waals surface area (Å²) in [6.07, 6.45) is 0. The van der Waals surface area contributed by atoms with Gasteiger partial charge in [0.15, 0.2) is 6.61 Å². The van der Waals surface area contributed by atoms with Gasteiger partial charge in [-0.05, 0) is 57.2 Å². The molecule has 0 fully saturated rings. The fourth-order valence-electron chi connectivity index (χ4n) is 2.31. The number of hydrogen-bond acceptors (Lipinski definition) is 6. The van der Waals surface area contributed by atoms with Crippen molar-refractivity contribution in [2.24, 2.45) is 0 Å². The van der Waals surface area contributed by atoms with Gasteiger partial charge in [0.1, 0.15) is 0 Å². The number of nitrogens with one attached hydrogen (secondary N) is 1. The minimum atomic E-state index is -3.70. The normalized spacial score (nSPS) is 11.9. The van der Waals surface area contributed by atoms with Gasteiger partial charge < -0.3 is 9.64 Å². The summed E-state index contributed by atoms with van der Waals surface area (Å²) in [6, 6.07) is 8.91. The van der Waals surface area contributed by atoms with Crippen LogP contribution in [0.25, 0.3) is 0 Å². The van der Waals surface area contributed by atoms with Crippen LogP contribution in [0.4, 0.5) is 0 Å². The second-order valence-electron chi connectivity index (χ2n) is 7.41. The molecule has 29 heavy (non-hydrogen) atoms. The third kappa shape index (κ3) is 7.11. The number of hydrogen-bond donors (Lipinski definition) is 1. The van der Waals surface area contributed by atoms with Gasteiger partial charge in [-0.3, -0.25) is 4.79 Å². The van der Waals surface area contributed by atoms with Crippen LogP contribution in [-0.2, 0) is 26.1 Å². The second kappa shape index (κ2) is 9.25. The lowest BCUT2D eigenvalue weighted by Gasteiger charge is -2.20. The maximum atomic E-state index is 12.3. The smallest absolute Gasteiger partial charge is 0.338 e. The lowest BCUT2D eigenvalue weighted by atomic mass is 10.1. The molecule has 0 bridgehead atoms. The van der Waals surface area contributed by atoms with Crippen molar-refractivity contribution in [2.45, 2.75) is 37.8 Å². The van der Waals surface area contributed by atoms with Crippen molar-refractivity contribution in [2.75, 3.05) is 13.7 Å². The molecule has 0 atom stereocenters. The van der Waals surface area contributed by atoms with Crippen molar-refractivity contribution in [3.63, 3.8) is 0 Å². The van der Waals surface area contributed by atoms with E-state index in [1.54, 1.807) is 33.9 Å². The van der Waals surface area contributed by atoms with Crippen LogP contribution in [0.5, 0.6) is 0 Å². The number of rotatable bonds is 7. The molecule has 1 aromatic heterocycles. The molecular formula is C19H23ClN2O5S2. The van der Waals surface area contributed by atoms with E-state index in [1.807, 2.05) is 6.07 Å². The van der Waals surface area contributed by atoms with Gasteiger partial charge in [0.2, 0.25) is 10.0 Å². The average Bonchev–Trinajstić information content (AvgIpc) is 3.02. The zero-order valence-electron chi connectivity index (χ0n) is 16.6. The number of esters is 1. The number of amides is 1. The van der Waals surface area contributed by atoms with E-state index in [4.69, 9.17) is 16.3 Å². The molecule has 1 aromatic carbocycles. The quantitative estimate of drug-likeness (QED) is 0.642. The molecule has 2 rings (SSSR count). The van der Waals surface area contributed by atoms with Crippen LogP contribution >= 0.6 is 22.9 Å². The zero-order chi connectivity index (χ0) is 21.8. The summed E-state index contributed by atoms with van der Waals surface area (Å²) in [5.74, 6) is -1.07. The lowest BCUT2D eigenvalue weighted by molar-refractivity contribution is -0.133. The van der Waals surface area contributed by atoms with E-state index in [0.717, 1.165) is 4.88 Å². The summed E-state index contributed by atoms with van der Waals surface area (Å²) >= 11 is 7.24. The lowest BCUT2D eigenvalue weighted by Crippen LogP contribution is -2.40. The van der Waals surface area contributed by atoms with Crippen LogP contribution in [0.1, 0.15) is 36.0 Å². The highest BCUT2D eigenvalue weighted by atomic mass is 35.5. The van der Waals surface area contributed by atoms with E-state index in [1.165, 1.54) is 40.5 Å². The highest BCUT2D eigenvalue weighted by molar-refractivity contribution is 7.89. The molecule has 1 amide bonds. The Bertz CT molecular complexity index is 979. The number of ether oxygens (including phenoxy) is 1. The molecule has 0 radical (unpaired) electrons. The van der Waals surface area contributed by atoms with Gasteiger partial charge in [-0.25, -0.2) is 17.9 Å². The molecule has 7 nitrogen and oxygen atoms in total. The van der Waals surface area contributed by atoms with Crippen molar-refractivity contribution >= 4 is 44.8 Å². The average molecular weight is 459 g/mol. The van der Waals surface area contributed by atoms with E-state index in [9.17, 15) is 18.0 Å². The number of halogens is 1. The first-order valence-corrected chi connectivity index (χ1v) is 11.3. The Morgan fingerprint density at radius 1 is 1.14 bits per heavy atom. The summed E-state index contributed by atoms with van der Waals surface area (Å²) in [4.78, 5) is 26.7. The zero-order valence-corrected chi connectivity index (χ0v) is 19.0. The molecule has 10 heteroatoms. The Balaban J connectivity index is 1.93. The molecule has 2 aromatic rings. The number of sulfonamides is 1. The SMILES string of the molecule is CN(Cc1ccc(Cl)s1)C(=O)COC(=O)c1ccc(S(=O)(=O)NC(C)(C)C)cc1. The number of carbonyl (C=O) groups is 2. The van der Waals surface area contributed by atoms with E-state index in [-0.39, 0.29) is 16.4 Å². The van der Waals surface area contributed by atoms with Crippen molar-refractivity contribution in [3.8, 4) is 0 Å². The molecule has 158 valence electrons. The first-order chi connectivity index (χ1) is 13.4. The van der Waals surface area contributed by atoms with Crippen molar-refractivity contribution < 1.29 is 22.7 Å². The third-order valence-corrected chi connectivity index (χ3v) is 6.60. The van der Waals surface area contributed by atoms with Crippen LogP contribution in [0.3, 0.4) is 0 Å². The minimum absolute atomic E-state index is 0.0365. The molecular weight excluding hydrogens is 436 g/mol. The summed E-state index contributed by atoms with van der Waals surface area (Å²) in [5.41, 5.74) is -0.475. The van der Waals surface area contributed by atoms with Crippen molar-refractivity contribution in [3.05, 3.63) is 51.2 Å². The van der Waals surface area contributed by atoms with E-state index >= 15 is 0 Å². The Morgan fingerprint density at radius 2 is 1.76 bits per heavy atom. The minimum Gasteiger partial charge on any atom is -0.452 e. The molecule has 0 saturated heterocycles. The fraction of sp³-hybridized carbons (Fsp3) is 0.368. The van der Waals surface area contributed by atoms with Gasteiger partial charge >= 0.3 is 5.97 Å². The summed E-state index contributed by atoms with van der Waals surface area (Å²) < 4.78 is 32.8. The highest BCUT2D eigenvalue weighted by Crippen LogP contribution is 2.22. The van der Waals surface area contributed by atoms with Gasteiger partial charge in [-0.2, -0.15) is 0 Å². The topological polar surface area (TPSA) is 92.8 Å². The largest absolute Gasteiger partial charge is 0.452 e. The van der Waals surface area contributed by atoms with E-state index in [0.29, 0.717) is 10.9 Å². The van der Waals surface area contributed by atoms with Gasteiger partial charge in [-0.15, -0.1) is 11.3 Å². The summed E-state index contributed by atoms with van der Waals surface area (Å²) in [5, 5.41) is 0. The van der Waals surface area contributed by atoms with Crippen LogP contribution in [0.15, 0.2) is 41.3 Å². The number of carbonyl (C=O) groups excluding carboxylic acids is 2. The predicted octanol–water partition coefficient (Wildman–Crippen LogP) is 3.29. The molecule has 0 aliphatic rings. The van der Waals surface area contributed by atoms with E-state index in [2.05, 4.69) is 4.72 Å². The molecule has 1 N–H and O–H groups in total. The number of benzene rings is 1. The van der Waals surface area contributed by atoms with Crippen molar-refractivity contribution in [1.82, 2.24) is 9.62 Å².